The Morgan fingerprint density at radius 2 is 1.74 bits per heavy atom. The molecule has 0 aliphatic rings. The van der Waals surface area contributed by atoms with Crippen LogP contribution in [-0.2, 0) is 16.6 Å². The van der Waals surface area contributed by atoms with Gasteiger partial charge in [0.25, 0.3) is 11.5 Å². The Kier molecular flexibility index (Phi) is 5.63. The molecule has 1 atom stereocenters. The van der Waals surface area contributed by atoms with Gasteiger partial charge >= 0.3 is 12.0 Å². The molecule has 0 unspecified atom stereocenters. The van der Waals surface area contributed by atoms with Gasteiger partial charge in [0.05, 0.1) is 5.39 Å². The van der Waals surface area contributed by atoms with Crippen molar-refractivity contribution in [2.45, 2.75) is 39.3 Å². The Morgan fingerprint density at radius 1 is 1.15 bits per heavy atom. The third kappa shape index (κ3) is 4.90. The van der Waals surface area contributed by atoms with E-state index in [9.17, 15) is 19.2 Å². The first-order valence-corrected chi connectivity index (χ1v) is 8.29. The molecule has 2 N–H and O–H groups in total. The fourth-order valence-corrected chi connectivity index (χ4v) is 2.31. The smallest absolute Gasteiger partial charge is 0.360 e. The lowest BCUT2D eigenvalue weighted by Crippen LogP contribution is -2.50. The van der Waals surface area contributed by atoms with Gasteiger partial charge in [0.1, 0.15) is 0 Å². The van der Waals surface area contributed by atoms with Crippen molar-refractivity contribution in [3.8, 4) is 0 Å². The Hall–Kier alpha value is -3.23. The molecule has 2 aromatic rings. The molecule has 1 aromatic carbocycles. The van der Waals surface area contributed by atoms with Crippen LogP contribution in [0.1, 0.15) is 38.2 Å². The summed E-state index contributed by atoms with van der Waals surface area (Å²) in [7, 11) is 1.42. The second-order valence-electron chi connectivity index (χ2n) is 7.06. The number of hydrogen-bond acceptors (Lipinski definition) is 6. The molecule has 0 aliphatic heterocycles. The number of fused-ring (bicyclic) bond motifs is 1. The van der Waals surface area contributed by atoms with Crippen molar-refractivity contribution in [1.82, 2.24) is 20.4 Å². The predicted octanol–water partition coefficient (Wildman–Crippen LogP) is 1.10. The van der Waals surface area contributed by atoms with E-state index in [2.05, 4.69) is 15.7 Å². The van der Waals surface area contributed by atoms with Crippen molar-refractivity contribution < 1.29 is 19.1 Å². The minimum absolute atomic E-state index is 0.0912. The molecule has 0 bridgehead atoms. The van der Waals surface area contributed by atoms with E-state index in [0.717, 1.165) is 4.68 Å². The van der Waals surface area contributed by atoms with Gasteiger partial charge in [-0.05, 0) is 33.8 Å². The number of nitrogens with one attached hydrogen (secondary N) is 2. The molecule has 3 amide bonds. The molecule has 0 fully saturated rings. The van der Waals surface area contributed by atoms with Crippen LogP contribution in [0.15, 0.2) is 29.1 Å². The summed E-state index contributed by atoms with van der Waals surface area (Å²) >= 11 is 0. The molecule has 0 saturated heterocycles. The highest BCUT2D eigenvalue weighted by molar-refractivity contribution is 6.03. The number of ether oxygens (including phenoxy) is 1. The maximum atomic E-state index is 12.5. The molecule has 9 nitrogen and oxygen atoms in total. The van der Waals surface area contributed by atoms with Gasteiger partial charge in [-0.2, -0.15) is 5.10 Å². The molecule has 2 rings (SSSR count). The molecule has 0 saturated carbocycles. The van der Waals surface area contributed by atoms with Crippen LogP contribution in [-0.4, -0.2) is 39.3 Å². The summed E-state index contributed by atoms with van der Waals surface area (Å²) in [6.45, 7) is 6.62. The highest BCUT2D eigenvalue weighted by Crippen LogP contribution is 2.14. The van der Waals surface area contributed by atoms with Gasteiger partial charge in [0.2, 0.25) is 0 Å². The van der Waals surface area contributed by atoms with Crippen LogP contribution in [0.5, 0.6) is 0 Å². The van der Waals surface area contributed by atoms with Gasteiger partial charge in [-0.1, -0.05) is 18.2 Å². The second kappa shape index (κ2) is 7.56. The van der Waals surface area contributed by atoms with Crippen molar-refractivity contribution in [3.63, 3.8) is 0 Å². The van der Waals surface area contributed by atoms with Crippen LogP contribution in [0.3, 0.4) is 0 Å². The molecular weight excluding hydrogens is 352 g/mol. The topological polar surface area (TPSA) is 119 Å². The number of esters is 1. The molecule has 27 heavy (non-hydrogen) atoms. The third-order valence-corrected chi connectivity index (χ3v) is 3.53. The summed E-state index contributed by atoms with van der Waals surface area (Å²) in [6.07, 6.45) is -1.24. The first-order valence-electron chi connectivity index (χ1n) is 8.29. The summed E-state index contributed by atoms with van der Waals surface area (Å²) in [5, 5.41) is 9.25. The zero-order valence-electron chi connectivity index (χ0n) is 15.8. The minimum atomic E-state index is -1.24. The number of urea groups is 1. The summed E-state index contributed by atoms with van der Waals surface area (Å²) in [6, 6.07) is 5.78. The van der Waals surface area contributed by atoms with E-state index in [4.69, 9.17) is 4.74 Å². The van der Waals surface area contributed by atoms with E-state index in [-0.39, 0.29) is 11.3 Å². The van der Waals surface area contributed by atoms with Gasteiger partial charge in [-0.3, -0.25) is 14.9 Å². The number of nitrogens with zero attached hydrogens (tertiary/aromatic N) is 2. The fraction of sp³-hybridized carbons (Fsp3) is 0.389. The number of carbonyl (C=O) groups excluding carboxylic acids is 3. The van der Waals surface area contributed by atoms with Crippen LogP contribution in [0, 0.1) is 0 Å². The monoisotopic (exact) mass is 374 g/mol. The van der Waals surface area contributed by atoms with Gasteiger partial charge in [-0.25, -0.2) is 14.3 Å². The maximum Gasteiger partial charge on any atom is 0.360 e. The zero-order valence-corrected chi connectivity index (χ0v) is 15.8. The molecule has 0 spiro atoms. The number of amides is 3. The molecule has 1 aromatic heterocycles. The van der Waals surface area contributed by atoms with Gasteiger partial charge < -0.3 is 10.1 Å². The first-order chi connectivity index (χ1) is 12.5. The number of imide groups is 1. The highest BCUT2D eigenvalue weighted by atomic mass is 16.5. The number of carbonyl (C=O) groups is 3. The fourth-order valence-electron chi connectivity index (χ4n) is 2.31. The van der Waals surface area contributed by atoms with Crippen LogP contribution < -0.4 is 16.2 Å². The standard InChI is InChI=1S/C18H22N4O5/c1-10(14(23)19-17(26)20-18(2,3)4)27-16(25)13-11-8-6-7-9-12(11)15(24)22(5)21-13/h6-10H,1-5H3,(H2,19,20,23,26)/t10-/m0/s1. The summed E-state index contributed by atoms with van der Waals surface area (Å²) < 4.78 is 6.15. The van der Waals surface area contributed by atoms with Crippen molar-refractivity contribution in [2.75, 3.05) is 0 Å². The van der Waals surface area contributed by atoms with E-state index < -0.39 is 29.6 Å². The number of aryl methyl sites for hydroxylation is 1. The lowest BCUT2D eigenvalue weighted by atomic mass is 10.1. The quantitative estimate of drug-likeness (QED) is 0.777. The Morgan fingerprint density at radius 3 is 2.33 bits per heavy atom. The Balaban J connectivity index is 2.17. The van der Waals surface area contributed by atoms with Crippen molar-refractivity contribution in [3.05, 3.63) is 40.3 Å². The molecule has 1 heterocycles. The average molecular weight is 374 g/mol. The number of benzene rings is 1. The lowest BCUT2D eigenvalue weighted by Gasteiger charge is -2.21. The maximum absolute atomic E-state index is 12.5. The predicted molar refractivity (Wildman–Crippen MR) is 98.3 cm³/mol. The Labute approximate surface area is 155 Å². The Bertz CT molecular complexity index is 958. The van der Waals surface area contributed by atoms with Crippen LogP contribution in [0.2, 0.25) is 0 Å². The summed E-state index contributed by atoms with van der Waals surface area (Å²) in [4.78, 5) is 48.4. The van der Waals surface area contributed by atoms with Crippen LogP contribution in [0.25, 0.3) is 10.8 Å². The van der Waals surface area contributed by atoms with Crippen molar-refractivity contribution >= 4 is 28.7 Å². The molecular formula is C18H22N4O5. The first kappa shape index (κ1) is 20.1. The van der Waals surface area contributed by atoms with Crippen molar-refractivity contribution in [1.29, 1.82) is 0 Å². The van der Waals surface area contributed by atoms with Gasteiger partial charge in [0, 0.05) is 18.0 Å². The highest BCUT2D eigenvalue weighted by Gasteiger charge is 2.25. The summed E-state index contributed by atoms with van der Waals surface area (Å²) in [5.41, 5.74) is -0.972. The molecule has 0 aliphatic carbocycles. The largest absolute Gasteiger partial charge is 0.448 e. The van der Waals surface area contributed by atoms with E-state index >= 15 is 0 Å². The second-order valence-corrected chi connectivity index (χ2v) is 7.06. The van der Waals surface area contributed by atoms with E-state index in [1.165, 1.54) is 14.0 Å². The van der Waals surface area contributed by atoms with Gasteiger partial charge in [-0.15, -0.1) is 0 Å². The minimum Gasteiger partial charge on any atom is -0.448 e. The van der Waals surface area contributed by atoms with E-state index in [1.54, 1.807) is 45.0 Å². The van der Waals surface area contributed by atoms with Crippen LogP contribution in [0.4, 0.5) is 4.79 Å². The SMILES string of the molecule is C[C@H](OC(=O)c1nn(C)c(=O)c2ccccc12)C(=O)NC(=O)NC(C)(C)C. The van der Waals surface area contributed by atoms with E-state index in [1.807, 2.05) is 0 Å². The number of rotatable bonds is 3. The normalized spacial score (nSPS) is 12.3. The van der Waals surface area contributed by atoms with E-state index in [0.29, 0.717) is 10.8 Å². The lowest BCUT2D eigenvalue weighted by molar-refractivity contribution is -0.127. The number of hydrogen-bond donors (Lipinski definition) is 2. The van der Waals surface area contributed by atoms with Gasteiger partial charge in [0.15, 0.2) is 11.8 Å². The molecule has 9 heteroatoms. The molecule has 0 radical (unpaired) electrons. The zero-order chi connectivity index (χ0) is 20.4. The van der Waals surface area contributed by atoms with Crippen LogP contribution >= 0.6 is 0 Å². The summed E-state index contributed by atoms with van der Waals surface area (Å²) in [5.74, 6) is -1.65. The average Bonchev–Trinajstić information content (AvgIpc) is 2.56. The third-order valence-electron chi connectivity index (χ3n) is 3.53. The number of aromatic nitrogens is 2. The van der Waals surface area contributed by atoms with Crippen molar-refractivity contribution in [2.24, 2.45) is 7.05 Å². The molecule has 144 valence electrons.